The van der Waals surface area contributed by atoms with Crippen LogP contribution in [0.4, 0.5) is 0 Å². The van der Waals surface area contributed by atoms with Crippen LogP contribution in [0.5, 0.6) is 0 Å². The van der Waals surface area contributed by atoms with Crippen molar-refractivity contribution in [3.63, 3.8) is 0 Å². The minimum absolute atomic E-state index is 0.295. The molecule has 210 valence electrons. The van der Waals surface area contributed by atoms with E-state index in [1.165, 1.54) is 0 Å². The summed E-state index contributed by atoms with van der Waals surface area (Å²) in [6.07, 6.45) is -2.66. The maximum Gasteiger partial charge on any atom is 0.326 e. The molecule has 0 aliphatic carbocycles. The highest BCUT2D eigenvalue weighted by Crippen LogP contribution is 2.11. The van der Waals surface area contributed by atoms with Crippen molar-refractivity contribution in [1.82, 2.24) is 21.3 Å². The summed E-state index contributed by atoms with van der Waals surface area (Å²) >= 11 is 0. The minimum atomic E-state index is -1.71. The Morgan fingerprint density at radius 1 is 0.811 bits per heavy atom. The van der Waals surface area contributed by atoms with E-state index in [0.29, 0.717) is 6.42 Å². The van der Waals surface area contributed by atoms with Crippen molar-refractivity contribution in [2.24, 2.45) is 17.4 Å². The first kappa shape index (κ1) is 33.2. The van der Waals surface area contributed by atoms with Crippen LogP contribution in [0.2, 0.25) is 0 Å². The van der Waals surface area contributed by atoms with E-state index in [4.69, 9.17) is 16.6 Å². The second-order valence-corrected chi connectivity index (χ2v) is 8.43. The maximum absolute atomic E-state index is 13.1. The van der Waals surface area contributed by atoms with E-state index < -0.39 is 97.1 Å². The number of primary amides is 1. The average molecular weight is 533 g/mol. The van der Waals surface area contributed by atoms with E-state index in [2.05, 4.69) is 16.0 Å². The molecule has 0 fully saturated rings. The van der Waals surface area contributed by atoms with E-state index in [1.807, 2.05) is 5.32 Å². The molecule has 0 aromatic rings. The summed E-state index contributed by atoms with van der Waals surface area (Å²) in [4.78, 5) is 83.5. The molecule has 0 bridgehead atoms. The largest absolute Gasteiger partial charge is 0.481 e. The Bertz CT molecular complexity index is 865. The lowest BCUT2D eigenvalue weighted by Crippen LogP contribution is -2.61. The predicted octanol–water partition coefficient (Wildman–Crippen LogP) is -3.86. The van der Waals surface area contributed by atoms with Crippen molar-refractivity contribution in [2.45, 2.75) is 76.7 Å². The summed E-state index contributed by atoms with van der Waals surface area (Å²) in [5.74, 6) is -8.00. The lowest BCUT2D eigenvalue weighted by molar-refractivity contribution is -0.144. The summed E-state index contributed by atoms with van der Waals surface area (Å²) < 4.78 is 0. The number of carbonyl (C=O) groups is 7. The Morgan fingerprint density at radius 2 is 1.35 bits per heavy atom. The third-order valence-electron chi connectivity index (χ3n) is 5.36. The van der Waals surface area contributed by atoms with Crippen LogP contribution in [0.1, 0.15) is 46.5 Å². The quantitative estimate of drug-likeness (QED) is 0.0873. The number of carbonyl (C=O) groups excluding carboxylic acids is 5. The number of aliphatic hydroxyl groups is 1. The lowest BCUT2D eigenvalue weighted by atomic mass is 9.96. The zero-order valence-electron chi connectivity index (χ0n) is 20.9. The van der Waals surface area contributed by atoms with Crippen molar-refractivity contribution in [3.8, 4) is 0 Å². The SMILES string of the molecule is CC[C@H](C)[C@H](NC(=O)[C@H](CCC(=O)O)NC(=O)CN)C(=O)N[C@H](C(=O)N[C@@H](CC(N)=O)C(=O)O)[C@@H](C)O. The summed E-state index contributed by atoms with van der Waals surface area (Å²) in [7, 11) is 0. The third-order valence-corrected chi connectivity index (χ3v) is 5.36. The van der Waals surface area contributed by atoms with Crippen LogP contribution in [0.25, 0.3) is 0 Å². The van der Waals surface area contributed by atoms with Crippen LogP contribution >= 0.6 is 0 Å². The molecule has 0 saturated carbocycles. The van der Waals surface area contributed by atoms with Gasteiger partial charge in [-0.2, -0.15) is 0 Å². The molecular formula is C21H36N6O10. The average Bonchev–Trinajstić information content (AvgIpc) is 2.81. The van der Waals surface area contributed by atoms with Crippen LogP contribution in [0.3, 0.4) is 0 Å². The Kier molecular flexibility index (Phi) is 14.4. The Balaban J connectivity index is 5.76. The van der Waals surface area contributed by atoms with Gasteiger partial charge in [-0.25, -0.2) is 4.79 Å². The number of carboxylic acids is 2. The van der Waals surface area contributed by atoms with Gasteiger partial charge in [0, 0.05) is 6.42 Å². The zero-order chi connectivity index (χ0) is 28.9. The highest BCUT2D eigenvalue weighted by atomic mass is 16.4. The van der Waals surface area contributed by atoms with Gasteiger partial charge in [-0.15, -0.1) is 0 Å². The molecule has 0 radical (unpaired) electrons. The predicted molar refractivity (Wildman–Crippen MR) is 126 cm³/mol. The zero-order valence-corrected chi connectivity index (χ0v) is 20.9. The molecule has 0 unspecified atom stereocenters. The van der Waals surface area contributed by atoms with Gasteiger partial charge in [0.15, 0.2) is 0 Å². The minimum Gasteiger partial charge on any atom is -0.481 e. The molecule has 11 N–H and O–H groups in total. The van der Waals surface area contributed by atoms with Crippen molar-refractivity contribution < 1.29 is 48.9 Å². The van der Waals surface area contributed by atoms with Gasteiger partial charge in [0.2, 0.25) is 29.5 Å². The molecule has 16 heteroatoms. The summed E-state index contributed by atoms with van der Waals surface area (Å²) in [6, 6.07) is -6.01. The molecule has 0 aliphatic rings. The Hall–Kier alpha value is -3.79. The maximum atomic E-state index is 13.1. The summed E-state index contributed by atoms with van der Waals surface area (Å²) in [5.41, 5.74) is 10.2. The van der Waals surface area contributed by atoms with E-state index in [1.54, 1.807) is 13.8 Å². The molecule has 16 nitrogen and oxygen atoms in total. The molecule has 0 aromatic carbocycles. The molecule has 0 aliphatic heterocycles. The van der Waals surface area contributed by atoms with Gasteiger partial charge in [0.1, 0.15) is 24.2 Å². The summed E-state index contributed by atoms with van der Waals surface area (Å²) in [6.45, 7) is 3.98. The van der Waals surface area contributed by atoms with E-state index in [9.17, 15) is 43.8 Å². The van der Waals surface area contributed by atoms with Crippen LogP contribution < -0.4 is 32.7 Å². The van der Waals surface area contributed by atoms with Gasteiger partial charge in [0.25, 0.3) is 0 Å². The Morgan fingerprint density at radius 3 is 1.78 bits per heavy atom. The van der Waals surface area contributed by atoms with E-state index in [0.717, 1.165) is 6.92 Å². The van der Waals surface area contributed by atoms with Crippen LogP contribution in [-0.2, 0) is 33.6 Å². The van der Waals surface area contributed by atoms with Crippen molar-refractivity contribution in [2.75, 3.05) is 6.54 Å². The fourth-order valence-corrected chi connectivity index (χ4v) is 3.06. The number of nitrogens with one attached hydrogen (secondary N) is 4. The van der Waals surface area contributed by atoms with Gasteiger partial charge >= 0.3 is 11.9 Å². The van der Waals surface area contributed by atoms with Crippen molar-refractivity contribution in [1.29, 1.82) is 0 Å². The Labute approximate surface area is 212 Å². The monoisotopic (exact) mass is 532 g/mol. The van der Waals surface area contributed by atoms with Crippen LogP contribution in [-0.4, -0.2) is 93.6 Å². The van der Waals surface area contributed by atoms with E-state index >= 15 is 0 Å². The highest BCUT2D eigenvalue weighted by molar-refractivity contribution is 5.96. The number of nitrogens with two attached hydrogens (primary N) is 2. The fourth-order valence-electron chi connectivity index (χ4n) is 3.06. The first-order chi connectivity index (χ1) is 17.1. The molecule has 37 heavy (non-hydrogen) atoms. The molecule has 0 heterocycles. The number of hydrogen-bond donors (Lipinski definition) is 9. The standard InChI is InChI=1S/C21H36N6O10/c1-4-9(2)16(26-18(33)11(5-6-15(31)32)24-14(30)8-22)19(34)27-17(10(3)28)20(35)25-12(21(36)37)7-13(23)29/h9-12,16-17,28H,4-8,22H2,1-3H3,(H2,23,29)(H,24,30)(H,25,35)(H,26,33)(H,27,34)(H,31,32)(H,36,37)/t9-,10+,11-,12-,16-,17-/m0/s1. The highest BCUT2D eigenvalue weighted by Gasteiger charge is 2.35. The fraction of sp³-hybridized carbons (Fsp3) is 0.667. The molecular weight excluding hydrogens is 496 g/mol. The van der Waals surface area contributed by atoms with Crippen molar-refractivity contribution in [3.05, 3.63) is 0 Å². The van der Waals surface area contributed by atoms with Gasteiger partial charge in [-0.3, -0.25) is 28.8 Å². The number of carboxylic acid groups (broad SMARTS) is 2. The molecule has 6 atom stereocenters. The first-order valence-electron chi connectivity index (χ1n) is 11.5. The van der Waals surface area contributed by atoms with Crippen LogP contribution in [0.15, 0.2) is 0 Å². The number of rotatable bonds is 17. The molecule has 0 saturated heterocycles. The number of amides is 5. The van der Waals surface area contributed by atoms with Gasteiger partial charge in [0.05, 0.1) is 19.1 Å². The molecule has 5 amide bonds. The lowest BCUT2D eigenvalue weighted by Gasteiger charge is -2.29. The molecule has 0 rings (SSSR count). The van der Waals surface area contributed by atoms with E-state index in [-0.39, 0.29) is 6.42 Å². The number of aliphatic carboxylic acids is 2. The van der Waals surface area contributed by atoms with Gasteiger partial charge in [-0.1, -0.05) is 20.3 Å². The number of aliphatic hydroxyl groups excluding tert-OH is 1. The summed E-state index contributed by atoms with van der Waals surface area (Å²) in [5, 5.41) is 37.1. The second kappa shape index (κ2) is 16.1. The van der Waals surface area contributed by atoms with Crippen LogP contribution in [0, 0.1) is 5.92 Å². The molecule has 0 aromatic heterocycles. The smallest absolute Gasteiger partial charge is 0.326 e. The van der Waals surface area contributed by atoms with Gasteiger partial charge in [-0.05, 0) is 19.3 Å². The van der Waals surface area contributed by atoms with Crippen molar-refractivity contribution >= 4 is 41.5 Å². The molecule has 0 spiro atoms. The third kappa shape index (κ3) is 12.1. The first-order valence-corrected chi connectivity index (χ1v) is 11.5. The number of hydrogen-bond acceptors (Lipinski definition) is 9. The topological polar surface area (TPSA) is 280 Å². The van der Waals surface area contributed by atoms with Gasteiger partial charge < -0.3 is 48.1 Å². The normalized spacial score (nSPS) is 15.6. The second-order valence-electron chi connectivity index (χ2n) is 8.43.